The first-order chi connectivity index (χ1) is 16.4. The largest absolute Gasteiger partial charge is 0.507 e. The van der Waals surface area contributed by atoms with Crippen molar-refractivity contribution >= 4 is 40.4 Å². The van der Waals surface area contributed by atoms with Crippen LogP contribution in [0.3, 0.4) is 0 Å². The summed E-state index contributed by atoms with van der Waals surface area (Å²) in [5.41, 5.74) is 1.97. The monoisotopic (exact) mass is 476 g/mol. The number of hydrogen-bond donors (Lipinski definition) is 1. The second-order valence-electron chi connectivity index (χ2n) is 8.88. The number of amides is 1. The van der Waals surface area contributed by atoms with Crippen molar-refractivity contribution in [2.45, 2.75) is 25.8 Å². The minimum absolute atomic E-state index is 0.0312. The summed E-state index contributed by atoms with van der Waals surface area (Å²) in [6.07, 6.45) is 3.78. The zero-order valence-corrected chi connectivity index (χ0v) is 19.5. The SMILES string of the molecule is CC1CCN(c2ccc(N3C(=O)C(=O)/C(=C(\O)c4cccc(Cl)c4)C3c3ccco3)cc2)CC1. The normalized spacial score (nSPS) is 20.8. The third-order valence-corrected chi connectivity index (χ3v) is 6.87. The molecule has 2 saturated heterocycles. The van der Waals surface area contributed by atoms with Crippen LogP contribution in [0, 0.1) is 5.92 Å². The Morgan fingerprint density at radius 1 is 1.00 bits per heavy atom. The molecule has 6 nitrogen and oxygen atoms in total. The van der Waals surface area contributed by atoms with Gasteiger partial charge in [-0.1, -0.05) is 30.7 Å². The summed E-state index contributed by atoms with van der Waals surface area (Å²) in [5.74, 6) is -0.659. The molecule has 2 fully saturated rings. The number of carbonyl (C=O) groups excluding carboxylic acids is 2. The third kappa shape index (κ3) is 3.99. The maximum Gasteiger partial charge on any atom is 0.300 e. The molecule has 2 aromatic carbocycles. The van der Waals surface area contributed by atoms with Crippen LogP contribution in [0.15, 0.2) is 76.9 Å². The molecule has 1 N–H and O–H groups in total. The number of aliphatic hydroxyl groups is 1. The standard InChI is InChI=1S/C27H25ClN2O4/c1-17-11-13-29(14-12-17)20-7-9-21(10-8-20)30-24(22-6-3-15-34-22)23(26(32)27(30)33)25(31)18-4-2-5-19(28)16-18/h2-10,15-17,24,31H,11-14H2,1H3/b25-23-. The van der Waals surface area contributed by atoms with Gasteiger partial charge in [-0.15, -0.1) is 0 Å². The summed E-state index contributed by atoms with van der Waals surface area (Å²) in [4.78, 5) is 30.1. The van der Waals surface area contributed by atoms with Crippen LogP contribution >= 0.6 is 11.6 Å². The smallest absolute Gasteiger partial charge is 0.300 e. The van der Waals surface area contributed by atoms with Crippen LogP contribution in [0.25, 0.3) is 5.76 Å². The molecule has 0 bridgehead atoms. The molecule has 3 aromatic rings. The van der Waals surface area contributed by atoms with Crippen molar-refractivity contribution in [1.82, 2.24) is 0 Å². The molecule has 0 radical (unpaired) electrons. The van der Waals surface area contributed by atoms with Crippen LogP contribution in [0.5, 0.6) is 0 Å². The number of carbonyl (C=O) groups is 2. The highest BCUT2D eigenvalue weighted by molar-refractivity contribution is 6.51. The summed E-state index contributed by atoms with van der Waals surface area (Å²) >= 11 is 6.09. The van der Waals surface area contributed by atoms with Crippen molar-refractivity contribution < 1.29 is 19.1 Å². The van der Waals surface area contributed by atoms with E-state index in [1.54, 1.807) is 36.4 Å². The number of halogens is 1. The number of piperidine rings is 1. The van der Waals surface area contributed by atoms with Crippen molar-refractivity contribution in [2.24, 2.45) is 5.92 Å². The number of hydrogen-bond acceptors (Lipinski definition) is 5. The predicted octanol–water partition coefficient (Wildman–Crippen LogP) is 5.80. The Balaban J connectivity index is 1.55. The number of nitrogens with zero attached hydrogens (tertiary/aromatic N) is 2. The quantitative estimate of drug-likeness (QED) is 0.293. The van der Waals surface area contributed by atoms with E-state index in [2.05, 4.69) is 11.8 Å². The molecule has 0 aliphatic carbocycles. The van der Waals surface area contributed by atoms with E-state index in [1.165, 1.54) is 11.2 Å². The summed E-state index contributed by atoms with van der Waals surface area (Å²) in [6.45, 7) is 4.27. The number of anilines is 2. The van der Waals surface area contributed by atoms with Gasteiger partial charge in [0.15, 0.2) is 0 Å². The van der Waals surface area contributed by atoms with Crippen molar-refractivity contribution in [2.75, 3.05) is 22.9 Å². The van der Waals surface area contributed by atoms with Crippen molar-refractivity contribution in [3.8, 4) is 0 Å². The van der Waals surface area contributed by atoms with E-state index in [1.807, 2.05) is 24.3 Å². The fraction of sp³-hybridized carbons (Fsp3) is 0.259. The molecule has 1 atom stereocenters. The van der Waals surface area contributed by atoms with E-state index < -0.39 is 17.7 Å². The lowest BCUT2D eigenvalue weighted by Gasteiger charge is -2.32. The summed E-state index contributed by atoms with van der Waals surface area (Å²) < 4.78 is 5.61. The van der Waals surface area contributed by atoms with Gasteiger partial charge in [-0.25, -0.2) is 0 Å². The van der Waals surface area contributed by atoms with E-state index in [-0.39, 0.29) is 11.3 Å². The number of benzene rings is 2. The van der Waals surface area contributed by atoms with Crippen molar-refractivity contribution in [1.29, 1.82) is 0 Å². The number of rotatable bonds is 4. The molecular formula is C27H25ClN2O4. The number of aliphatic hydroxyl groups excluding tert-OH is 1. The molecule has 1 unspecified atom stereocenters. The molecule has 0 saturated carbocycles. The zero-order chi connectivity index (χ0) is 23.8. The van der Waals surface area contributed by atoms with Gasteiger partial charge in [0.1, 0.15) is 17.6 Å². The Kier molecular flexibility index (Phi) is 5.92. The Hall–Kier alpha value is -3.51. The minimum atomic E-state index is -0.893. The topological polar surface area (TPSA) is 74.0 Å². The number of ketones is 1. The van der Waals surface area contributed by atoms with E-state index in [4.69, 9.17) is 16.0 Å². The van der Waals surface area contributed by atoms with Crippen LogP contribution in [-0.4, -0.2) is 29.9 Å². The molecule has 7 heteroatoms. The van der Waals surface area contributed by atoms with Gasteiger partial charge in [0.25, 0.3) is 11.7 Å². The van der Waals surface area contributed by atoms with E-state index in [0.717, 1.165) is 37.5 Å². The Labute approximate surface area is 203 Å². The summed E-state index contributed by atoms with van der Waals surface area (Å²) in [7, 11) is 0. The molecule has 2 aliphatic rings. The van der Waals surface area contributed by atoms with Crippen molar-refractivity contribution in [3.63, 3.8) is 0 Å². The van der Waals surface area contributed by atoms with Gasteiger partial charge in [0.2, 0.25) is 0 Å². The van der Waals surface area contributed by atoms with Gasteiger partial charge < -0.3 is 14.4 Å². The molecule has 0 spiro atoms. The molecule has 34 heavy (non-hydrogen) atoms. The second-order valence-corrected chi connectivity index (χ2v) is 9.32. The maximum absolute atomic E-state index is 13.2. The molecule has 174 valence electrons. The lowest BCUT2D eigenvalue weighted by Crippen LogP contribution is -2.33. The average molecular weight is 477 g/mol. The van der Waals surface area contributed by atoms with Crippen LogP contribution in [0.1, 0.15) is 37.1 Å². The Morgan fingerprint density at radius 2 is 1.71 bits per heavy atom. The maximum atomic E-state index is 13.2. The fourth-order valence-electron chi connectivity index (χ4n) is 4.70. The summed E-state index contributed by atoms with van der Waals surface area (Å²) in [5, 5.41) is 11.5. The number of Topliss-reactive ketones (excluding diaryl/α,β-unsaturated/α-hetero) is 1. The number of furan rings is 1. The van der Waals surface area contributed by atoms with E-state index in [0.29, 0.717) is 22.0 Å². The first-order valence-electron chi connectivity index (χ1n) is 11.4. The zero-order valence-electron chi connectivity index (χ0n) is 18.8. The highest BCUT2D eigenvalue weighted by atomic mass is 35.5. The second kappa shape index (κ2) is 9.03. The highest BCUT2D eigenvalue weighted by Gasteiger charge is 2.48. The highest BCUT2D eigenvalue weighted by Crippen LogP contribution is 2.42. The lowest BCUT2D eigenvalue weighted by molar-refractivity contribution is -0.132. The van der Waals surface area contributed by atoms with Gasteiger partial charge in [-0.3, -0.25) is 14.5 Å². The molecule has 5 rings (SSSR count). The predicted molar refractivity (Wildman–Crippen MR) is 132 cm³/mol. The Bertz CT molecular complexity index is 1240. The van der Waals surface area contributed by atoms with E-state index >= 15 is 0 Å². The lowest BCUT2D eigenvalue weighted by atomic mass is 9.98. The van der Waals surface area contributed by atoms with Gasteiger partial charge in [0.05, 0.1) is 11.8 Å². The molecule has 2 aliphatic heterocycles. The third-order valence-electron chi connectivity index (χ3n) is 6.63. The molecule has 1 aromatic heterocycles. The van der Waals surface area contributed by atoms with Gasteiger partial charge >= 0.3 is 0 Å². The fourth-order valence-corrected chi connectivity index (χ4v) is 4.89. The Morgan fingerprint density at radius 3 is 2.35 bits per heavy atom. The average Bonchev–Trinajstić information content (AvgIpc) is 3.46. The van der Waals surface area contributed by atoms with Crippen molar-refractivity contribution in [3.05, 3.63) is 88.8 Å². The van der Waals surface area contributed by atoms with E-state index in [9.17, 15) is 14.7 Å². The molecular weight excluding hydrogens is 452 g/mol. The van der Waals surface area contributed by atoms with Crippen LogP contribution in [0.2, 0.25) is 5.02 Å². The van der Waals surface area contributed by atoms with Gasteiger partial charge in [0, 0.05) is 35.1 Å². The van der Waals surface area contributed by atoms with Crippen LogP contribution in [-0.2, 0) is 9.59 Å². The van der Waals surface area contributed by atoms with Crippen LogP contribution < -0.4 is 9.80 Å². The summed E-state index contributed by atoms with van der Waals surface area (Å²) in [6, 6.07) is 16.7. The van der Waals surface area contributed by atoms with Gasteiger partial charge in [-0.05, 0) is 67.3 Å². The minimum Gasteiger partial charge on any atom is -0.507 e. The van der Waals surface area contributed by atoms with Gasteiger partial charge in [-0.2, -0.15) is 0 Å². The first kappa shape index (κ1) is 22.3. The molecule has 3 heterocycles. The first-order valence-corrected chi connectivity index (χ1v) is 11.8. The van der Waals surface area contributed by atoms with Crippen LogP contribution in [0.4, 0.5) is 11.4 Å². The molecule has 1 amide bonds.